The van der Waals surface area contributed by atoms with Crippen LogP contribution in [0.15, 0.2) is 182 Å². The summed E-state index contributed by atoms with van der Waals surface area (Å²) in [5.41, 5.74) is 0. The number of ether oxygens (including phenoxy) is 2. The highest BCUT2D eigenvalue weighted by molar-refractivity contribution is 7.47. The van der Waals surface area contributed by atoms with E-state index in [-0.39, 0.29) is 32.0 Å². The van der Waals surface area contributed by atoms with Crippen molar-refractivity contribution in [2.75, 3.05) is 47.5 Å². The van der Waals surface area contributed by atoms with Crippen molar-refractivity contribution in [3.05, 3.63) is 182 Å². The van der Waals surface area contributed by atoms with Crippen LogP contribution in [0.25, 0.3) is 0 Å². The molecule has 9 nitrogen and oxygen atoms in total. The summed E-state index contributed by atoms with van der Waals surface area (Å²) in [7, 11) is 1.43. The highest BCUT2D eigenvalue weighted by atomic mass is 31.2. The molecule has 0 aliphatic rings. The van der Waals surface area contributed by atoms with Crippen molar-refractivity contribution in [3.8, 4) is 0 Å². The van der Waals surface area contributed by atoms with E-state index >= 15 is 0 Å². The standard InChI is InChI=1S/C74H118NO8P/c1-6-8-10-12-14-16-18-20-22-24-26-28-30-32-33-34-35-36-37-38-39-40-41-43-45-47-49-51-53-55-57-59-61-63-65-67-74(77)83-72(71-82-84(78,79)81-69-68-75(3,4)5)70-80-73(76)66-64-62-60-58-56-54-52-50-48-46-44-42-31-29-27-25-23-21-19-17-15-13-11-9-7-2/h8-11,14-17,20-23,26-29,32-33,35-36,38-39,41-44,47,49,53,55,72H,6-7,12-13,18-19,24-25,30-31,34,37,40,45-46,48,50-52,54,56-71H2,1-5H3/p+1/b10-8-,11-9-,16-14-,17-15-,22-20-,23-21-,28-26-,29-27-,33-32-,36-35-,39-38-,43-41-,44-42-,49-47-,55-53-. The molecule has 2 unspecified atom stereocenters. The molecular weight excluding hydrogens is 1060 g/mol. The lowest BCUT2D eigenvalue weighted by Crippen LogP contribution is -2.37. The molecule has 10 heteroatoms. The third-order valence-electron chi connectivity index (χ3n) is 12.9. The molecule has 0 rings (SSSR count). The molecule has 0 aromatic heterocycles. The minimum Gasteiger partial charge on any atom is -0.462 e. The molecule has 0 bridgehead atoms. The number of phosphoric acid groups is 1. The maximum Gasteiger partial charge on any atom is 0.472 e. The molecule has 1 N–H and O–H groups in total. The quantitative estimate of drug-likeness (QED) is 0.0211. The van der Waals surface area contributed by atoms with Crippen LogP contribution in [0.3, 0.4) is 0 Å². The zero-order valence-electron chi connectivity index (χ0n) is 53.6. The molecular formula is C74H119NO8P+. The van der Waals surface area contributed by atoms with Gasteiger partial charge in [-0.2, -0.15) is 0 Å². The van der Waals surface area contributed by atoms with Crippen LogP contribution >= 0.6 is 7.82 Å². The fourth-order valence-electron chi connectivity index (χ4n) is 8.01. The van der Waals surface area contributed by atoms with E-state index in [0.717, 1.165) is 154 Å². The summed E-state index contributed by atoms with van der Waals surface area (Å²) in [6.45, 7) is 4.14. The van der Waals surface area contributed by atoms with E-state index in [0.29, 0.717) is 17.4 Å². The zero-order valence-corrected chi connectivity index (χ0v) is 54.4. The SMILES string of the molecule is CC/C=C\C/C=C\C/C=C\C/C=C\C/C=C\C/C=C\C/C=C\C/C=C\C/C=C\C/C=C\CCCCCCC(=O)OC(COC(=O)CCCCCCCCCCC/C=C\C/C=C\C/C=C\C/C=C\C/C=C\CC)COP(=O)(O)OCC[N+](C)(C)C. The number of rotatable bonds is 57. The van der Waals surface area contributed by atoms with Crippen molar-refractivity contribution in [2.45, 2.75) is 225 Å². The van der Waals surface area contributed by atoms with E-state index in [4.69, 9.17) is 18.5 Å². The number of likely N-dealkylation sites (N-methyl/N-ethyl adjacent to an activating group) is 1. The Balaban J connectivity index is 4.25. The van der Waals surface area contributed by atoms with E-state index in [1.807, 2.05) is 21.1 Å². The summed E-state index contributed by atoms with van der Waals surface area (Å²) >= 11 is 0. The van der Waals surface area contributed by atoms with Gasteiger partial charge in [-0.15, -0.1) is 0 Å². The molecule has 0 aromatic carbocycles. The van der Waals surface area contributed by atoms with Crippen molar-refractivity contribution in [2.24, 2.45) is 0 Å². The van der Waals surface area contributed by atoms with E-state index in [1.165, 1.54) is 32.1 Å². The first-order chi connectivity index (χ1) is 41.0. The summed E-state index contributed by atoms with van der Waals surface area (Å²) in [6, 6.07) is 0. The normalized spacial score (nSPS) is 14.4. The van der Waals surface area contributed by atoms with Crippen LogP contribution in [0.5, 0.6) is 0 Å². The number of quaternary nitrogens is 1. The number of unbranched alkanes of at least 4 members (excludes halogenated alkanes) is 13. The topological polar surface area (TPSA) is 108 Å². The minimum atomic E-state index is -4.41. The maximum absolute atomic E-state index is 12.9. The van der Waals surface area contributed by atoms with Gasteiger partial charge in [-0.3, -0.25) is 18.6 Å². The minimum absolute atomic E-state index is 0.0145. The smallest absolute Gasteiger partial charge is 0.462 e. The third kappa shape index (κ3) is 66.3. The molecule has 472 valence electrons. The van der Waals surface area contributed by atoms with Crippen LogP contribution in [0.4, 0.5) is 0 Å². The molecule has 2 atom stereocenters. The summed E-state index contributed by atoms with van der Waals surface area (Å²) in [4.78, 5) is 35.8. The molecule has 0 saturated heterocycles. The van der Waals surface area contributed by atoms with E-state index in [2.05, 4.69) is 196 Å². The molecule has 0 aliphatic carbocycles. The number of hydrogen-bond acceptors (Lipinski definition) is 7. The molecule has 0 fully saturated rings. The Labute approximate surface area is 514 Å². The highest BCUT2D eigenvalue weighted by Crippen LogP contribution is 2.43. The molecule has 0 heterocycles. The van der Waals surface area contributed by atoms with Crippen molar-refractivity contribution >= 4 is 19.8 Å². The second kappa shape index (κ2) is 62.6. The molecule has 0 saturated carbocycles. The summed E-state index contributed by atoms with van der Waals surface area (Å²) in [6.07, 6.45) is 96.8. The highest BCUT2D eigenvalue weighted by Gasteiger charge is 2.27. The average molecular weight is 1180 g/mol. The second-order valence-electron chi connectivity index (χ2n) is 22.0. The van der Waals surface area contributed by atoms with Crippen molar-refractivity contribution in [1.29, 1.82) is 0 Å². The van der Waals surface area contributed by atoms with Gasteiger partial charge in [0.05, 0.1) is 27.7 Å². The first-order valence-corrected chi connectivity index (χ1v) is 34.0. The Hall–Kier alpha value is -4.89. The number of phosphoric ester groups is 1. The number of nitrogens with zero attached hydrogens (tertiary/aromatic N) is 1. The van der Waals surface area contributed by atoms with Crippen LogP contribution in [0, 0.1) is 0 Å². The largest absolute Gasteiger partial charge is 0.472 e. The van der Waals surface area contributed by atoms with Gasteiger partial charge >= 0.3 is 19.8 Å². The summed E-state index contributed by atoms with van der Waals surface area (Å²) < 4.78 is 34.6. The van der Waals surface area contributed by atoms with E-state index in [9.17, 15) is 19.0 Å². The second-order valence-corrected chi connectivity index (χ2v) is 23.5. The lowest BCUT2D eigenvalue weighted by Gasteiger charge is -2.24. The molecule has 0 radical (unpaired) electrons. The van der Waals surface area contributed by atoms with Crippen LogP contribution in [0.1, 0.15) is 219 Å². The molecule has 0 amide bonds. The Morgan fingerprint density at radius 2 is 0.643 bits per heavy atom. The van der Waals surface area contributed by atoms with Crippen molar-refractivity contribution in [1.82, 2.24) is 0 Å². The van der Waals surface area contributed by atoms with Crippen LogP contribution < -0.4 is 0 Å². The molecule has 84 heavy (non-hydrogen) atoms. The van der Waals surface area contributed by atoms with Gasteiger partial charge in [0.15, 0.2) is 6.10 Å². The van der Waals surface area contributed by atoms with Crippen molar-refractivity contribution < 1.29 is 42.1 Å². The first kappa shape index (κ1) is 79.1. The fourth-order valence-corrected chi connectivity index (χ4v) is 8.75. The van der Waals surface area contributed by atoms with Crippen LogP contribution in [-0.2, 0) is 32.7 Å². The average Bonchev–Trinajstić information content (AvgIpc) is 3.61. The van der Waals surface area contributed by atoms with Crippen molar-refractivity contribution in [3.63, 3.8) is 0 Å². The van der Waals surface area contributed by atoms with E-state index < -0.39 is 26.5 Å². The Morgan fingerprint density at radius 1 is 0.369 bits per heavy atom. The van der Waals surface area contributed by atoms with Gasteiger partial charge in [-0.25, -0.2) is 4.57 Å². The van der Waals surface area contributed by atoms with Crippen LogP contribution in [0.2, 0.25) is 0 Å². The molecule has 0 aromatic rings. The Morgan fingerprint density at radius 3 is 0.952 bits per heavy atom. The van der Waals surface area contributed by atoms with Gasteiger partial charge in [0, 0.05) is 12.8 Å². The summed E-state index contributed by atoms with van der Waals surface area (Å²) in [5.74, 6) is -0.848. The van der Waals surface area contributed by atoms with E-state index in [1.54, 1.807) is 0 Å². The predicted molar refractivity (Wildman–Crippen MR) is 362 cm³/mol. The number of carbonyl (C=O) groups is 2. The van der Waals surface area contributed by atoms with Gasteiger partial charge in [-0.05, 0) is 135 Å². The number of hydrogen-bond donors (Lipinski definition) is 1. The number of esters is 2. The lowest BCUT2D eigenvalue weighted by atomic mass is 10.1. The number of allylic oxidation sites excluding steroid dienone is 30. The van der Waals surface area contributed by atoms with Gasteiger partial charge in [-0.1, -0.05) is 254 Å². The maximum atomic E-state index is 12.9. The Kier molecular flexibility index (Phi) is 59.0. The first-order valence-electron chi connectivity index (χ1n) is 32.5. The van der Waals surface area contributed by atoms with Gasteiger partial charge < -0.3 is 18.9 Å². The molecule has 0 aliphatic heterocycles. The Bertz CT molecular complexity index is 2070. The van der Waals surface area contributed by atoms with Gasteiger partial charge in [0.25, 0.3) is 0 Å². The third-order valence-corrected chi connectivity index (χ3v) is 13.9. The zero-order chi connectivity index (χ0) is 61.2. The van der Waals surface area contributed by atoms with Gasteiger partial charge in [0.2, 0.25) is 0 Å². The predicted octanol–water partition coefficient (Wildman–Crippen LogP) is 21.1. The molecule has 0 spiro atoms. The number of carbonyl (C=O) groups excluding carboxylic acids is 2. The van der Waals surface area contributed by atoms with Crippen LogP contribution in [-0.4, -0.2) is 74.9 Å². The van der Waals surface area contributed by atoms with Gasteiger partial charge in [0.1, 0.15) is 19.8 Å². The fraction of sp³-hybridized carbons (Fsp3) is 0.568. The monoisotopic (exact) mass is 1180 g/mol. The summed E-state index contributed by atoms with van der Waals surface area (Å²) in [5, 5.41) is 0. The lowest BCUT2D eigenvalue weighted by molar-refractivity contribution is -0.870.